The van der Waals surface area contributed by atoms with E-state index in [-0.39, 0.29) is 42.6 Å². The van der Waals surface area contributed by atoms with Gasteiger partial charge in [0.1, 0.15) is 48.7 Å². The van der Waals surface area contributed by atoms with Crippen molar-refractivity contribution in [3.05, 3.63) is 12.7 Å². The number of aromatic nitrogens is 8. The van der Waals surface area contributed by atoms with Crippen molar-refractivity contribution in [1.82, 2.24) is 60.3 Å². The van der Waals surface area contributed by atoms with E-state index in [1.165, 1.54) is 12.7 Å². The Kier molecular flexibility index (Phi) is 10.5. The molecule has 2 aliphatic heterocycles. The lowest BCUT2D eigenvalue weighted by Gasteiger charge is -2.21. The molecule has 4 aromatic heterocycles. The Hall–Kier alpha value is -5.73. The number of hydrogen-bond donors (Lipinski definition) is 12. The van der Waals surface area contributed by atoms with Crippen LogP contribution >= 0.6 is 0 Å². The van der Waals surface area contributed by atoms with E-state index in [9.17, 15) is 34.8 Å². The topological polar surface area (TPSA) is 366 Å². The van der Waals surface area contributed by atoms with Crippen molar-refractivity contribution in [3.63, 3.8) is 0 Å². The molecule has 0 bridgehead atoms. The molecule has 4 amide bonds. The van der Waals surface area contributed by atoms with Crippen molar-refractivity contribution in [2.75, 3.05) is 60.7 Å². The first-order valence-corrected chi connectivity index (χ1v) is 18.9. The fourth-order valence-electron chi connectivity index (χ4n) is 8.51. The maximum absolute atomic E-state index is 13.2. The molecular weight excluding hydrogens is 764 g/mol. The standard InChI is InChI=1S/C33H46N16O9/c34-27-21-29(48(11-36-21)17-5-15(23(54)25(17)56)40-19(52)9-50)44-31(42-27)46-3-1-13(7-46)38-33(58)39-14-2-4-47(8-14)32-43-28(35)22-30(45-32)49(12-37-22)18-6-16(24(55)26(18)57)41-20(53)10-51/h11-18,23-26,50-51,54-57H,1-10H2,(H,40,52)(H,41,53)(H2,34,42,44)(H2,35,43,45)(H2,38,39,58)/t13?,14?,15?,16?,17-,18-,23-,24-,25?,26?/m0/s1. The minimum atomic E-state index is -1.28. The average Bonchev–Trinajstić information content (AvgIpc) is 4.07. The van der Waals surface area contributed by atoms with Gasteiger partial charge in [0.2, 0.25) is 23.7 Å². The SMILES string of the molecule is Nc1nc(N2CCC(NC(=O)NC3CCN(c4nc(N)c5ncn([C@H]6CC(NC(=O)CO)[C@H](O)C6O)c5n4)C3)C2)nc2c1ncn2[C@H]1CC(NC(=O)CO)[C@H](O)C1O. The number of aliphatic hydroxyl groups is 6. The van der Waals surface area contributed by atoms with E-state index in [1.54, 1.807) is 9.13 Å². The van der Waals surface area contributed by atoms with Crippen LogP contribution < -0.4 is 42.5 Å². The van der Waals surface area contributed by atoms with Gasteiger partial charge in [-0.15, -0.1) is 0 Å². The summed E-state index contributed by atoms with van der Waals surface area (Å²) in [6, 6.07) is -3.87. The minimum Gasteiger partial charge on any atom is -0.388 e. The maximum Gasteiger partial charge on any atom is 0.315 e. The van der Waals surface area contributed by atoms with E-state index in [1.807, 2.05) is 9.80 Å². The predicted molar refractivity (Wildman–Crippen MR) is 202 cm³/mol. The van der Waals surface area contributed by atoms with Crippen molar-refractivity contribution in [1.29, 1.82) is 0 Å². The van der Waals surface area contributed by atoms with Gasteiger partial charge in [-0.3, -0.25) is 9.59 Å². The van der Waals surface area contributed by atoms with E-state index >= 15 is 0 Å². The highest BCUT2D eigenvalue weighted by Gasteiger charge is 2.45. The van der Waals surface area contributed by atoms with E-state index < -0.39 is 73.6 Å². The molecule has 4 aliphatic rings. The molecule has 0 radical (unpaired) electrons. The quantitative estimate of drug-likeness (QED) is 0.0711. The summed E-state index contributed by atoms with van der Waals surface area (Å²) in [5.74, 6) is -0.535. The van der Waals surface area contributed by atoms with Crippen molar-refractivity contribution in [2.45, 2.75) is 86.4 Å². The Morgan fingerprint density at radius 2 is 1.05 bits per heavy atom. The number of amides is 4. The third kappa shape index (κ3) is 7.19. The maximum atomic E-state index is 13.2. The largest absolute Gasteiger partial charge is 0.388 e. The summed E-state index contributed by atoms with van der Waals surface area (Å²) in [7, 11) is 0. The lowest BCUT2D eigenvalue weighted by Crippen LogP contribution is -2.48. The molecule has 2 aliphatic carbocycles. The predicted octanol–water partition coefficient (Wildman–Crippen LogP) is -5.43. The molecule has 0 aromatic carbocycles. The summed E-state index contributed by atoms with van der Waals surface area (Å²) in [4.78, 5) is 67.4. The zero-order chi connectivity index (χ0) is 41.0. The molecule has 4 fully saturated rings. The van der Waals surface area contributed by atoms with Gasteiger partial charge in [0.05, 0.1) is 36.8 Å². The van der Waals surface area contributed by atoms with Gasteiger partial charge >= 0.3 is 6.03 Å². The first-order valence-electron chi connectivity index (χ1n) is 18.9. The number of aliphatic hydroxyl groups excluding tert-OH is 6. The molecule has 312 valence electrons. The molecule has 6 heterocycles. The number of urea groups is 1. The molecule has 25 nitrogen and oxygen atoms in total. The second kappa shape index (κ2) is 15.6. The molecule has 4 aromatic rings. The molecule has 8 rings (SSSR count). The second-order valence-corrected chi connectivity index (χ2v) is 15.2. The molecule has 2 saturated carbocycles. The van der Waals surface area contributed by atoms with Gasteiger partial charge in [0.25, 0.3) is 0 Å². The fraction of sp³-hybridized carbons (Fsp3) is 0.606. The zero-order valence-corrected chi connectivity index (χ0v) is 31.0. The molecule has 2 saturated heterocycles. The van der Waals surface area contributed by atoms with Crippen LogP contribution in [0.5, 0.6) is 0 Å². The van der Waals surface area contributed by atoms with Crippen LogP contribution in [0.2, 0.25) is 0 Å². The van der Waals surface area contributed by atoms with Crippen LogP contribution in [0.25, 0.3) is 22.3 Å². The normalized spacial score (nSPS) is 29.8. The molecule has 25 heteroatoms. The number of nitrogens with one attached hydrogen (secondary N) is 4. The van der Waals surface area contributed by atoms with Crippen molar-refractivity contribution < 1.29 is 45.0 Å². The molecule has 10 atom stereocenters. The Morgan fingerprint density at radius 1 is 0.638 bits per heavy atom. The van der Waals surface area contributed by atoms with Gasteiger partial charge in [0.15, 0.2) is 22.9 Å². The number of carbonyl (C=O) groups excluding carboxylic acids is 3. The van der Waals surface area contributed by atoms with Gasteiger partial charge in [-0.1, -0.05) is 0 Å². The highest BCUT2D eigenvalue weighted by atomic mass is 16.3. The van der Waals surface area contributed by atoms with E-state index in [2.05, 4.69) is 41.2 Å². The molecule has 0 spiro atoms. The highest BCUT2D eigenvalue weighted by molar-refractivity contribution is 5.84. The lowest BCUT2D eigenvalue weighted by molar-refractivity contribution is -0.126. The number of nitrogen functional groups attached to an aromatic ring is 2. The van der Waals surface area contributed by atoms with Gasteiger partial charge in [-0.2, -0.15) is 19.9 Å². The summed E-state index contributed by atoms with van der Waals surface area (Å²) < 4.78 is 3.19. The second-order valence-electron chi connectivity index (χ2n) is 15.2. The highest BCUT2D eigenvalue weighted by Crippen LogP contribution is 2.36. The van der Waals surface area contributed by atoms with E-state index in [0.29, 0.717) is 73.2 Å². The fourth-order valence-corrected chi connectivity index (χ4v) is 8.51. The lowest BCUT2D eigenvalue weighted by atomic mass is 10.2. The van der Waals surface area contributed by atoms with Gasteiger partial charge < -0.3 is 82.3 Å². The van der Waals surface area contributed by atoms with E-state index in [4.69, 9.17) is 31.6 Å². The van der Waals surface area contributed by atoms with Crippen molar-refractivity contribution in [3.8, 4) is 0 Å². The molecule has 6 unspecified atom stereocenters. The Bertz CT molecular complexity index is 2050. The third-order valence-corrected chi connectivity index (χ3v) is 11.5. The summed E-state index contributed by atoms with van der Waals surface area (Å²) in [6.07, 6.45) is -0.719. The van der Waals surface area contributed by atoms with Crippen LogP contribution in [0.15, 0.2) is 12.7 Å². The van der Waals surface area contributed by atoms with Crippen LogP contribution in [-0.4, -0.2) is 175 Å². The van der Waals surface area contributed by atoms with Crippen LogP contribution in [0.3, 0.4) is 0 Å². The average molecular weight is 811 g/mol. The minimum absolute atomic E-state index is 0.110. The summed E-state index contributed by atoms with van der Waals surface area (Å²) >= 11 is 0. The first kappa shape index (κ1) is 39.1. The first-order chi connectivity index (χ1) is 27.8. The number of hydrogen-bond acceptors (Lipinski definition) is 19. The third-order valence-electron chi connectivity index (χ3n) is 11.5. The van der Waals surface area contributed by atoms with Crippen LogP contribution in [0.1, 0.15) is 37.8 Å². The van der Waals surface area contributed by atoms with Crippen LogP contribution in [0, 0.1) is 0 Å². The number of anilines is 4. The van der Waals surface area contributed by atoms with Gasteiger partial charge in [0, 0.05) is 38.3 Å². The summed E-state index contributed by atoms with van der Waals surface area (Å²) in [5.41, 5.74) is 13.8. The van der Waals surface area contributed by atoms with Crippen LogP contribution in [-0.2, 0) is 9.59 Å². The number of nitrogens with two attached hydrogens (primary N) is 2. The number of fused-ring (bicyclic) bond motifs is 2. The summed E-state index contributed by atoms with van der Waals surface area (Å²) in [6.45, 7) is 0.270. The Morgan fingerprint density at radius 3 is 1.45 bits per heavy atom. The van der Waals surface area contributed by atoms with E-state index in [0.717, 1.165) is 0 Å². The number of carbonyl (C=O) groups is 3. The molecular formula is C33H46N16O9. The number of nitrogens with zero attached hydrogens (tertiary/aromatic N) is 10. The van der Waals surface area contributed by atoms with Crippen LogP contribution in [0.4, 0.5) is 28.3 Å². The van der Waals surface area contributed by atoms with Crippen molar-refractivity contribution >= 4 is 63.7 Å². The van der Waals surface area contributed by atoms with Crippen molar-refractivity contribution in [2.24, 2.45) is 0 Å². The molecule has 58 heavy (non-hydrogen) atoms. The Balaban J connectivity index is 0.883. The number of rotatable bonds is 10. The Labute approximate surface area is 328 Å². The summed E-state index contributed by atoms with van der Waals surface area (Å²) in [5, 5.41) is 72.1. The monoisotopic (exact) mass is 810 g/mol. The number of imidazole rings is 2. The van der Waals surface area contributed by atoms with Gasteiger partial charge in [-0.05, 0) is 25.7 Å². The molecule has 14 N–H and O–H groups in total. The zero-order valence-electron chi connectivity index (χ0n) is 31.0. The van der Waals surface area contributed by atoms with Gasteiger partial charge in [-0.25, -0.2) is 14.8 Å². The smallest absolute Gasteiger partial charge is 0.315 e.